The second-order valence-electron chi connectivity index (χ2n) is 4.05. The van der Waals surface area contributed by atoms with Crippen LogP contribution in [0.25, 0.3) is 0 Å². The molecule has 102 valence electrons. The van der Waals surface area contributed by atoms with Crippen molar-refractivity contribution in [3.8, 4) is 0 Å². The number of anilines is 1. The van der Waals surface area contributed by atoms with E-state index in [-0.39, 0.29) is 6.54 Å². The zero-order valence-corrected chi connectivity index (χ0v) is 11.3. The molecule has 1 rings (SSSR count). The lowest BCUT2D eigenvalue weighted by atomic mass is 10.3. The number of alkyl halides is 2. The van der Waals surface area contributed by atoms with Crippen molar-refractivity contribution in [3.63, 3.8) is 0 Å². The normalized spacial score (nSPS) is 11.0. The Morgan fingerprint density at radius 3 is 2.78 bits per heavy atom. The predicted molar refractivity (Wildman–Crippen MR) is 70.5 cm³/mol. The van der Waals surface area contributed by atoms with Crippen LogP contribution in [0, 0.1) is 0 Å². The van der Waals surface area contributed by atoms with Crippen molar-refractivity contribution in [2.45, 2.75) is 26.3 Å². The molecule has 0 saturated heterocycles. The van der Waals surface area contributed by atoms with Gasteiger partial charge in [0.2, 0.25) is 0 Å². The van der Waals surface area contributed by atoms with Crippen LogP contribution in [0.1, 0.15) is 19.0 Å². The summed E-state index contributed by atoms with van der Waals surface area (Å²) in [6.45, 7) is 3.14. The zero-order valence-electron chi connectivity index (χ0n) is 10.6. The molecular weight excluding hydrogens is 260 g/mol. The number of nitrogens with zero attached hydrogens (tertiary/aromatic N) is 2. The first-order chi connectivity index (χ1) is 8.54. The average molecular weight is 278 g/mol. The van der Waals surface area contributed by atoms with E-state index in [0.29, 0.717) is 23.1 Å². The van der Waals surface area contributed by atoms with Gasteiger partial charge in [-0.2, -0.15) is 0 Å². The van der Waals surface area contributed by atoms with Crippen LogP contribution in [0.5, 0.6) is 0 Å². The van der Waals surface area contributed by atoms with Crippen molar-refractivity contribution in [1.82, 2.24) is 10.3 Å². The van der Waals surface area contributed by atoms with Gasteiger partial charge >= 0.3 is 0 Å². The lowest BCUT2D eigenvalue weighted by Crippen LogP contribution is -2.25. The van der Waals surface area contributed by atoms with Gasteiger partial charge in [-0.05, 0) is 25.1 Å². The van der Waals surface area contributed by atoms with Gasteiger partial charge in [-0.1, -0.05) is 18.5 Å². The molecule has 0 unspecified atom stereocenters. The highest BCUT2D eigenvalue weighted by atomic mass is 35.5. The van der Waals surface area contributed by atoms with Crippen LogP contribution in [-0.2, 0) is 6.54 Å². The fourth-order valence-corrected chi connectivity index (χ4v) is 1.67. The van der Waals surface area contributed by atoms with Gasteiger partial charge in [0, 0.05) is 13.6 Å². The summed E-state index contributed by atoms with van der Waals surface area (Å²) in [6, 6.07) is 3.34. The van der Waals surface area contributed by atoms with Crippen LogP contribution in [-0.4, -0.2) is 31.5 Å². The maximum Gasteiger partial charge on any atom is 0.255 e. The van der Waals surface area contributed by atoms with Gasteiger partial charge in [0.05, 0.1) is 17.3 Å². The molecule has 0 aliphatic carbocycles. The molecule has 1 aromatic rings. The quantitative estimate of drug-likeness (QED) is 0.777. The Labute approximate surface area is 111 Å². The summed E-state index contributed by atoms with van der Waals surface area (Å²) in [4.78, 5) is 5.72. The molecule has 0 spiro atoms. The molecular formula is C12H18ClF2N3. The summed E-state index contributed by atoms with van der Waals surface area (Å²) in [5, 5.41) is 3.73. The van der Waals surface area contributed by atoms with E-state index in [0.717, 1.165) is 13.0 Å². The smallest absolute Gasteiger partial charge is 0.255 e. The molecule has 0 aromatic carbocycles. The second kappa shape index (κ2) is 7.48. The van der Waals surface area contributed by atoms with E-state index in [9.17, 15) is 8.78 Å². The molecule has 0 bridgehead atoms. The Balaban J connectivity index is 2.73. The Kier molecular flexibility index (Phi) is 6.29. The topological polar surface area (TPSA) is 28.2 Å². The number of nitrogens with one attached hydrogen (secondary N) is 1. The maximum atomic E-state index is 12.3. The van der Waals surface area contributed by atoms with Gasteiger partial charge < -0.3 is 10.2 Å². The minimum Gasteiger partial charge on any atom is -0.354 e. The van der Waals surface area contributed by atoms with E-state index in [1.165, 1.54) is 4.90 Å². The number of hydrogen-bond acceptors (Lipinski definition) is 3. The summed E-state index contributed by atoms with van der Waals surface area (Å²) in [5.41, 5.74) is 0.684. The van der Waals surface area contributed by atoms with E-state index in [4.69, 9.17) is 11.6 Å². The monoisotopic (exact) mass is 277 g/mol. The van der Waals surface area contributed by atoms with Crippen molar-refractivity contribution in [3.05, 3.63) is 22.8 Å². The van der Waals surface area contributed by atoms with E-state index in [1.54, 1.807) is 19.2 Å². The predicted octanol–water partition coefficient (Wildman–Crippen LogP) is 2.94. The summed E-state index contributed by atoms with van der Waals surface area (Å²) in [6.07, 6.45) is -1.36. The Bertz CT molecular complexity index is 374. The standard InChI is InChI=1S/C12H18ClF2N3/c1-3-6-16-7-10-9(13)4-5-12(17-10)18(2)8-11(14)15/h4-5,11,16H,3,6-8H2,1-2H3. The van der Waals surface area contributed by atoms with Gasteiger partial charge in [0.25, 0.3) is 6.43 Å². The lowest BCUT2D eigenvalue weighted by Gasteiger charge is -2.18. The van der Waals surface area contributed by atoms with Gasteiger partial charge in [-0.3, -0.25) is 0 Å². The summed E-state index contributed by atoms with van der Waals surface area (Å²) in [7, 11) is 1.59. The molecule has 3 nitrogen and oxygen atoms in total. The highest BCUT2D eigenvalue weighted by Gasteiger charge is 2.11. The minimum atomic E-state index is -2.38. The van der Waals surface area contributed by atoms with Crippen LogP contribution in [0.4, 0.5) is 14.6 Å². The van der Waals surface area contributed by atoms with E-state index < -0.39 is 6.43 Å². The van der Waals surface area contributed by atoms with Gasteiger partial charge in [0.1, 0.15) is 5.82 Å². The molecule has 1 heterocycles. The van der Waals surface area contributed by atoms with Crippen molar-refractivity contribution >= 4 is 17.4 Å². The molecule has 0 radical (unpaired) electrons. The molecule has 0 fully saturated rings. The Morgan fingerprint density at radius 2 is 2.17 bits per heavy atom. The molecule has 0 saturated carbocycles. The van der Waals surface area contributed by atoms with Crippen LogP contribution in [0.15, 0.2) is 12.1 Å². The van der Waals surface area contributed by atoms with Crippen LogP contribution < -0.4 is 10.2 Å². The largest absolute Gasteiger partial charge is 0.354 e. The number of pyridine rings is 1. The SMILES string of the molecule is CCCNCc1nc(N(C)CC(F)F)ccc1Cl. The van der Waals surface area contributed by atoms with Gasteiger partial charge in [-0.25, -0.2) is 13.8 Å². The number of aromatic nitrogens is 1. The van der Waals surface area contributed by atoms with Gasteiger partial charge in [-0.15, -0.1) is 0 Å². The molecule has 18 heavy (non-hydrogen) atoms. The summed E-state index contributed by atoms with van der Waals surface area (Å²) < 4.78 is 24.6. The molecule has 6 heteroatoms. The van der Waals surface area contributed by atoms with E-state index in [1.807, 2.05) is 0 Å². The zero-order chi connectivity index (χ0) is 13.5. The maximum absolute atomic E-state index is 12.3. The molecule has 0 aliphatic heterocycles. The molecule has 0 aliphatic rings. The van der Waals surface area contributed by atoms with E-state index in [2.05, 4.69) is 17.2 Å². The Hall–Kier alpha value is -0.940. The average Bonchev–Trinajstić information content (AvgIpc) is 2.30. The lowest BCUT2D eigenvalue weighted by molar-refractivity contribution is 0.156. The third kappa shape index (κ3) is 4.74. The molecule has 0 amide bonds. The fourth-order valence-electron chi connectivity index (χ4n) is 1.49. The third-order valence-corrected chi connectivity index (χ3v) is 2.77. The fraction of sp³-hybridized carbons (Fsp3) is 0.583. The number of halogens is 3. The summed E-state index contributed by atoms with van der Waals surface area (Å²) >= 11 is 6.02. The summed E-state index contributed by atoms with van der Waals surface area (Å²) in [5.74, 6) is 0.507. The highest BCUT2D eigenvalue weighted by molar-refractivity contribution is 6.31. The van der Waals surface area contributed by atoms with Gasteiger partial charge in [0.15, 0.2) is 0 Å². The molecule has 0 atom stereocenters. The first-order valence-electron chi connectivity index (χ1n) is 5.90. The third-order valence-electron chi connectivity index (χ3n) is 2.43. The first kappa shape index (κ1) is 15.1. The molecule has 1 N–H and O–H groups in total. The Morgan fingerprint density at radius 1 is 1.44 bits per heavy atom. The van der Waals surface area contributed by atoms with Crippen molar-refractivity contribution in [2.75, 3.05) is 25.0 Å². The van der Waals surface area contributed by atoms with Crippen molar-refractivity contribution in [1.29, 1.82) is 0 Å². The first-order valence-corrected chi connectivity index (χ1v) is 6.27. The minimum absolute atomic E-state index is 0.337. The molecule has 1 aromatic heterocycles. The van der Waals surface area contributed by atoms with Crippen molar-refractivity contribution < 1.29 is 8.78 Å². The van der Waals surface area contributed by atoms with E-state index >= 15 is 0 Å². The number of rotatable bonds is 7. The van der Waals surface area contributed by atoms with Crippen LogP contribution in [0.3, 0.4) is 0 Å². The van der Waals surface area contributed by atoms with Crippen LogP contribution >= 0.6 is 11.6 Å². The van der Waals surface area contributed by atoms with Crippen molar-refractivity contribution in [2.24, 2.45) is 0 Å². The highest BCUT2D eigenvalue weighted by Crippen LogP contribution is 2.19. The van der Waals surface area contributed by atoms with Crippen LogP contribution in [0.2, 0.25) is 5.02 Å². The number of hydrogen-bond donors (Lipinski definition) is 1. The second-order valence-corrected chi connectivity index (χ2v) is 4.45.